The van der Waals surface area contributed by atoms with Crippen LogP contribution < -0.4 is 4.74 Å². The molecule has 0 amide bonds. The Kier molecular flexibility index (Phi) is 3.99. The van der Waals surface area contributed by atoms with Crippen LogP contribution in [0.4, 0.5) is 0 Å². The zero-order valence-corrected chi connectivity index (χ0v) is 14.0. The lowest BCUT2D eigenvalue weighted by molar-refractivity contribution is 0.407. The van der Waals surface area contributed by atoms with Crippen molar-refractivity contribution in [3.8, 4) is 5.75 Å². The van der Waals surface area contributed by atoms with E-state index in [1.165, 1.54) is 40.0 Å². The first-order chi connectivity index (χ1) is 10.2. The van der Waals surface area contributed by atoms with Crippen molar-refractivity contribution in [3.05, 3.63) is 58.1 Å². The Morgan fingerprint density at radius 3 is 2.67 bits per heavy atom. The summed E-state index contributed by atoms with van der Waals surface area (Å²) in [7, 11) is 1.77. The van der Waals surface area contributed by atoms with Crippen LogP contribution in [0.25, 0.3) is 0 Å². The van der Waals surface area contributed by atoms with E-state index in [1.54, 1.807) is 12.7 Å². The van der Waals surface area contributed by atoms with Crippen molar-refractivity contribution in [2.45, 2.75) is 37.5 Å². The van der Waals surface area contributed by atoms with Gasteiger partial charge in [0, 0.05) is 16.4 Å². The molecule has 0 radical (unpaired) electrons. The van der Waals surface area contributed by atoms with Crippen molar-refractivity contribution < 1.29 is 4.74 Å². The zero-order valence-electron chi connectivity index (χ0n) is 13.2. The highest BCUT2D eigenvalue weighted by Gasteiger charge is 2.30. The molecule has 21 heavy (non-hydrogen) atoms. The number of benzene rings is 2. The fourth-order valence-electron chi connectivity index (χ4n) is 3.54. The van der Waals surface area contributed by atoms with E-state index in [9.17, 15) is 0 Å². The van der Waals surface area contributed by atoms with E-state index < -0.39 is 0 Å². The van der Waals surface area contributed by atoms with Crippen molar-refractivity contribution >= 4 is 11.8 Å². The highest BCUT2D eigenvalue weighted by Crippen LogP contribution is 2.47. The van der Waals surface area contributed by atoms with E-state index >= 15 is 0 Å². The largest absolute Gasteiger partial charge is 0.496 e. The van der Waals surface area contributed by atoms with Crippen LogP contribution in [0, 0.1) is 13.8 Å². The smallest absolute Gasteiger partial charge is 0.122 e. The van der Waals surface area contributed by atoms with Crippen molar-refractivity contribution in [2.75, 3.05) is 13.4 Å². The molecule has 1 aliphatic carbocycles. The van der Waals surface area contributed by atoms with Crippen molar-refractivity contribution in [1.82, 2.24) is 0 Å². The molecule has 0 spiro atoms. The van der Waals surface area contributed by atoms with E-state index in [2.05, 4.69) is 44.4 Å². The van der Waals surface area contributed by atoms with Crippen molar-refractivity contribution in [1.29, 1.82) is 0 Å². The van der Waals surface area contributed by atoms with Gasteiger partial charge < -0.3 is 4.74 Å². The number of aryl methyl sites for hydroxylation is 1. The van der Waals surface area contributed by atoms with Gasteiger partial charge in [-0.3, -0.25) is 0 Å². The van der Waals surface area contributed by atoms with Gasteiger partial charge in [-0.2, -0.15) is 0 Å². The molecule has 1 nitrogen and oxygen atoms in total. The minimum atomic E-state index is 0.470. The molecule has 0 saturated heterocycles. The topological polar surface area (TPSA) is 9.23 Å². The van der Waals surface area contributed by atoms with E-state index in [-0.39, 0.29) is 0 Å². The van der Waals surface area contributed by atoms with Crippen LogP contribution >= 0.6 is 11.8 Å². The minimum absolute atomic E-state index is 0.470. The van der Waals surface area contributed by atoms with Crippen molar-refractivity contribution in [2.24, 2.45) is 0 Å². The van der Waals surface area contributed by atoms with Gasteiger partial charge in [0.15, 0.2) is 0 Å². The van der Waals surface area contributed by atoms with Gasteiger partial charge in [0.25, 0.3) is 0 Å². The third-order valence-electron chi connectivity index (χ3n) is 4.75. The summed E-state index contributed by atoms with van der Waals surface area (Å²) in [5.41, 5.74) is 7.32. The van der Waals surface area contributed by atoms with Gasteiger partial charge in [-0.15, -0.1) is 11.8 Å². The van der Waals surface area contributed by atoms with Crippen molar-refractivity contribution in [3.63, 3.8) is 0 Å². The number of fused-ring (bicyclic) bond motifs is 1. The highest BCUT2D eigenvalue weighted by molar-refractivity contribution is 7.98. The van der Waals surface area contributed by atoms with Crippen LogP contribution in [0.3, 0.4) is 0 Å². The van der Waals surface area contributed by atoms with Crippen LogP contribution in [-0.4, -0.2) is 13.4 Å². The third-order valence-corrected chi connectivity index (χ3v) is 5.53. The van der Waals surface area contributed by atoms with Crippen LogP contribution in [0.5, 0.6) is 5.75 Å². The Hall–Kier alpha value is -1.41. The number of para-hydroxylation sites is 1. The molecule has 2 aromatic rings. The summed E-state index contributed by atoms with van der Waals surface area (Å²) < 4.78 is 5.59. The molecule has 110 valence electrons. The molecular weight excluding hydrogens is 276 g/mol. The summed E-state index contributed by atoms with van der Waals surface area (Å²) in [6, 6.07) is 10.8. The fourth-order valence-corrected chi connectivity index (χ4v) is 4.32. The number of methoxy groups -OCH3 is 1. The molecule has 0 N–H and O–H groups in total. The van der Waals surface area contributed by atoms with Gasteiger partial charge in [-0.1, -0.05) is 18.2 Å². The lowest BCUT2D eigenvalue weighted by Gasteiger charge is -2.20. The van der Waals surface area contributed by atoms with Crippen LogP contribution in [-0.2, 0) is 6.42 Å². The molecular formula is C19H22OS. The van der Waals surface area contributed by atoms with E-state index in [0.717, 1.165) is 5.75 Å². The molecule has 1 aliphatic rings. The molecule has 2 heteroatoms. The molecule has 0 fully saturated rings. The molecule has 0 aromatic heterocycles. The van der Waals surface area contributed by atoms with Gasteiger partial charge in [-0.25, -0.2) is 0 Å². The van der Waals surface area contributed by atoms with Gasteiger partial charge in [0.05, 0.1) is 7.11 Å². The average molecular weight is 298 g/mol. The second-order valence-corrected chi connectivity index (χ2v) is 6.59. The Morgan fingerprint density at radius 2 is 1.95 bits per heavy atom. The molecule has 2 aromatic carbocycles. The first kappa shape index (κ1) is 14.5. The Bertz CT molecular complexity index is 676. The van der Waals surface area contributed by atoms with Gasteiger partial charge in [0.2, 0.25) is 0 Å². The lowest BCUT2D eigenvalue weighted by atomic mass is 9.90. The predicted molar refractivity (Wildman–Crippen MR) is 90.9 cm³/mol. The monoisotopic (exact) mass is 298 g/mol. The van der Waals surface area contributed by atoms with Crippen LogP contribution in [0.2, 0.25) is 0 Å². The summed E-state index contributed by atoms with van der Waals surface area (Å²) in [4.78, 5) is 1.43. The predicted octanol–water partition coefficient (Wildman–Crippen LogP) is 5.11. The summed E-state index contributed by atoms with van der Waals surface area (Å²) in [6.45, 7) is 4.49. The number of ether oxygens (including phenoxy) is 1. The fraction of sp³-hybridized carbons (Fsp3) is 0.368. The summed E-state index contributed by atoms with van der Waals surface area (Å²) in [5, 5.41) is 0. The Labute approximate surface area is 131 Å². The zero-order chi connectivity index (χ0) is 15.0. The van der Waals surface area contributed by atoms with Crippen LogP contribution in [0.1, 0.15) is 40.2 Å². The maximum atomic E-state index is 5.59. The minimum Gasteiger partial charge on any atom is -0.496 e. The third kappa shape index (κ3) is 2.36. The van der Waals surface area contributed by atoms with E-state index in [0.29, 0.717) is 5.92 Å². The first-order valence-electron chi connectivity index (χ1n) is 7.47. The molecule has 0 aliphatic heterocycles. The Morgan fingerprint density at radius 1 is 1.19 bits per heavy atom. The second-order valence-electron chi connectivity index (χ2n) is 5.75. The summed E-state index contributed by atoms with van der Waals surface area (Å²) in [6.07, 6.45) is 4.55. The van der Waals surface area contributed by atoms with E-state index in [4.69, 9.17) is 4.74 Å². The SMILES string of the molecule is COc1ccccc1C1CCc2c(C)c(C)cc(SC)c21. The maximum Gasteiger partial charge on any atom is 0.122 e. The number of thioether (sulfide) groups is 1. The van der Waals surface area contributed by atoms with Crippen LogP contribution in [0.15, 0.2) is 35.2 Å². The number of hydrogen-bond donors (Lipinski definition) is 0. The van der Waals surface area contributed by atoms with Gasteiger partial charge >= 0.3 is 0 Å². The lowest BCUT2D eigenvalue weighted by Crippen LogP contribution is -2.02. The van der Waals surface area contributed by atoms with Gasteiger partial charge in [0.1, 0.15) is 5.75 Å². The average Bonchev–Trinajstić information content (AvgIpc) is 2.95. The first-order valence-corrected chi connectivity index (χ1v) is 8.69. The number of hydrogen-bond acceptors (Lipinski definition) is 2. The highest BCUT2D eigenvalue weighted by atomic mass is 32.2. The molecule has 3 rings (SSSR count). The summed E-state index contributed by atoms with van der Waals surface area (Å²) >= 11 is 1.87. The normalized spacial score (nSPS) is 16.9. The molecule has 0 saturated carbocycles. The molecule has 1 atom stereocenters. The maximum absolute atomic E-state index is 5.59. The second kappa shape index (κ2) is 5.76. The number of rotatable bonds is 3. The molecule has 1 unspecified atom stereocenters. The summed E-state index contributed by atoms with van der Waals surface area (Å²) in [5.74, 6) is 1.48. The Balaban J connectivity index is 2.18. The standard InChI is InChI=1S/C19H22OS/c1-12-11-18(21-4)19-14(13(12)2)9-10-16(19)15-7-5-6-8-17(15)20-3/h5-8,11,16H,9-10H2,1-4H3. The molecule has 0 heterocycles. The van der Waals surface area contributed by atoms with Gasteiger partial charge in [-0.05, 0) is 67.3 Å². The molecule has 0 bridgehead atoms. The van der Waals surface area contributed by atoms with E-state index in [1.807, 2.05) is 17.8 Å². The quantitative estimate of drug-likeness (QED) is 0.728.